The molecule has 0 aliphatic carbocycles. The fourth-order valence-corrected chi connectivity index (χ4v) is 2.16. The van der Waals surface area contributed by atoms with Crippen LogP contribution >= 0.6 is 0 Å². The average molecular weight is 283 g/mol. The lowest BCUT2D eigenvalue weighted by Gasteiger charge is -2.26. The number of nitrogens with zero attached hydrogens (tertiary/aromatic N) is 4. The van der Waals surface area contributed by atoms with E-state index in [4.69, 9.17) is 0 Å². The summed E-state index contributed by atoms with van der Waals surface area (Å²) in [5.74, 6) is -0.341. The number of nitrogens with one attached hydrogen (secondary N) is 1. The lowest BCUT2D eigenvalue weighted by molar-refractivity contribution is -0.123. The van der Waals surface area contributed by atoms with Gasteiger partial charge in [0.2, 0.25) is 5.91 Å². The first kappa shape index (κ1) is 13.2. The second-order valence-electron chi connectivity index (χ2n) is 4.67. The van der Waals surface area contributed by atoms with Gasteiger partial charge >= 0.3 is 0 Å². The quantitative estimate of drug-likeness (QED) is 0.845. The van der Waals surface area contributed by atoms with Crippen LogP contribution in [0.3, 0.4) is 0 Å². The highest BCUT2D eigenvalue weighted by Crippen LogP contribution is 2.18. The molecule has 2 aromatic rings. The highest BCUT2D eigenvalue weighted by atomic mass is 16.2. The zero-order chi connectivity index (χ0) is 14.7. The molecular weight excluding hydrogens is 270 g/mol. The lowest BCUT2D eigenvalue weighted by Crippen LogP contribution is -2.50. The Balaban J connectivity index is 1.86. The van der Waals surface area contributed by atoms with Crippen LogP contribution in [0.1, 0.15) is 10.4 Å². The van der Waals surface area contributed by atoms with Gasteiger partial charge in [-0.05, 0) is 6.07 Å². The first-order valence-corrected chi connectivity index (χ1v) is 6.50. The summed E-state index contributed by atoms with van der Waals surface area (Å²) in [6, 6.07) is 1.74. The Bertz CT molecular complexity index is 674. The minimum atomic E-state index is -0.198. The Kier molecular flexibility index (Phi) is 3.55. The average Bonchev–Trinajstić information content (AvgIpc) is 2.55. The molecule has 2 aromatic heterocycles. The van der Waals surface area contributed by atoms with Gasteiger partial charge in [-0.2, -0.15) is 0 Å². The third-order valence-corrected chi connectivity index (χ3v) is 3.20. The van der Waals surface area contributed by atoms with Crippen molar-refractivity contribution in [1.82, 2.24) is 25.2 Å². The second kappa shape index (κ2) is 5.66. The second-order valence-corrected chi connectivity index (χ2v) is 4.67. The van der Waals surface area contributed by atoms with E-state index in [0.717, 1.165) is 11.1 Å². The molecule has 21 heavy (non-hydrogen) atoms. The van der Waals surface area contributed by atoms with E-state index >= 15 is 0 Å². The fraction of sp³-hybridized carbons (Fsp3) is 0.214. The van der Waals surface area contributed by atoms with Crippen molar-refractivity contribution in [2.45, 2.75) is 0 Å². The summed E-state index contributed by atoms with van der Waals surface area (Å²) in [5, 5.41) is 2.69. The van der Waals surface area contributed by atoms with Crippen LogP contribution in [0.2, 0.25) is 0 Å². The monoisotopic (exact) mass is 283 g/mol. The van der Waals surface area contributed by atoms with Gasteiger partial charge in [-0.1, -0.05) is 0 Å². The molecular formula is C14H13N5O2. The van der Waals surface area contributed by atoms with Gasteiger partial charge in [-0.3, -0.25) is 14.6 Å². The first-order chi connectivity index (χ1) is 10.2. The predicted molar refractivity (Wildman–Crippen MR) is 74.2 cm³/mol. The SMILES string of the molecule is O=C1CN(C(=O)c2cncc(-c3cncnc3)c2)CCN1. The van der Waals surface area contributed by atoms with Gasteiger partial charge in [0, 0.05) is 49.0 Å². The van der Waals surface area contributed by atoms with Crippen LogP contribution in [0, 0.1) is 0 Å². The molecule has 1 aliphatic heterocycles. The molecule has 1 N–H and O–H groups in total. The molecule has 0 bridgehead atoms. The first-order valence-electron chi connectivity index (χ1n) is 6.50. The summed E-state index contributed by atoms with van der Waals surface area (Å²) in [6.45, 7) is 1.06. The number of carbonyl (C=O) groups excluding carboxylic acids is 2. The maximum absolute atomic E-state index is 12.4. The van der Waals surface area contributed by atoms with E-state index < -0.39 is 0 Å². The normalized spacial score (nSPS) is 14.7. The van der Waals surface area contributed by atoms with Crippen molar-refractivity contribution in [1.29, 1.82) is 0 Å². The van der Waals surface area contributed by atoms with Crippen molar-refractivity contribution in [2.24, 2.45) is 0 Å². The van der Waals surface area contributed by atoms with Gasteiger partial charge in [0.15, 0.2) is 0 Å². The van der Waals surface area contributed by atoms with Crippen LogP contribution < -0.4 is 5.32 Å². The Labute approximate surface area is 121 Å². The summed E-state index contributed by atoms with van der Waals surface area (Å²) in [5.41, 5.74) is 2.00. The topological polar surface area (TPSA) is 88.1 Å². The van der Waals surface area contributed by atoms with Crippen molar-refractivity contribution in [3.63, 3.8) is 0 Å². The third kappa shape index (κ3) is 2.86. The van der Waals surface area contributed by atoms with Crippen molar-refractivity contribution in [3.8, 4) is 11.1 Å². The Hall–Kier alpha value is -2.83. The van der Waals surface area contributed by atoms with E-state index in [0.29, 0.717) is 18.7 Å². The van der Waals surface area contributed by atoms with E-state index in [1.807, 2.05) is 0 Å². The van der Waals surface area contributed by atoms with Crippen LogP contribution in [-0.4, -0.2) is 51.3 Å². The van der Waals surface area contributed by atoms with Crippen LogP contribution in [0.15, 0.2) is 37.2 Å². The van der Waals surface area contributed by atoms with Crippen LogP contribution in [-0.2, 0) is 4.79 Å². The molecule has 0 saturated carbocycles. The lowest BCUT2D eigenvalue weighted by atomic mass is 10.1. The van der Waals surface area contributed by atoms with Crippen molar-refractivity contribution < 1.29 is 9.59 Å². The molecule has 3 heterocycles. The Morgan fingerprint density at radius 2 is 1.86 bits per heavy atom. The fourth-order valence-electron chi connectivity index (χ4n) is 2.16. The number of aromatic nitrogens is 3. The van der Waals surface area contributed by atoms with Gasteiger partial charge in [0.05, 0.1) is 12.1 Å². The summed E-state index contributed by atoms with van der Waals surface area (Å²) < 4.78 is 0. The molecule has 1 aliphatic rings. The molecule has 0 radical (unpaired) electrons. The largest absolute Gasteiger partial charge is 0.353 e. The zero-order valence-electron chi connectivity index (χ0n) is 11.2. The molecule has 7 heteroatoms. The van der Waals surface area contributed by atoms with Crippen molar-refractivity contribution >= 4 is 11.8 Å². The van der Waals surface area contributed by atoms with Gasteiger partial charge in [0.1, 0.15) is 6.33 Å². The molecule has 0 spiro atoms. The molecule has 0 unspecified atom stereocenters. The molecule has 1 fully saturated rings. The number of hydrogen-bond acceptors (Lipinski definition) is 5. The van der Waals surface area contributed by atoms with Gasteiger partial charge < -0.3 is 10.2 Å². The Morgan fingerprint density at radius 3 is 2.62 bits per heavy atom. The standard InChI is InChI=1S/C14H13N5O2/c20-13-8-19(2-1-18-13)14(21)11-3-10(4-15-5-11)12-6-16-9-17-7-12/h3-7,9H,1-2,8H2,(H,18,20). The van der Waals surface area contributed by atoms with E-state index in [-0.39, 0.29) is 18.4 Å². The van der Waals surface area contributed by atoms with Gasteiger partial charge in [-0.15, -0.1) is 0 Å². The predicted octanol–water partition coefficient (Wildman–Crippen LogP) is 0.111. The highest BCUT2D eigenvalue weighted by molar-refractivity contribution is 5.97. The van der Waals surface area contributed by atoms with E-state index in [2.05, 4.69) is 20.3 Å². The number of carbonyl (C=O) groups is 2. The summed E-state index contributed by atoms with van der Waals surface area (Å²) in [4.78, 5) is 37.3. The van der Waals surface area contributed by atoms with Crippen molar-refractivity contribution in [3.05, 3.63) is 42.7 Å². The summed E-state index contributed by atoms with van der Waals surface area (Å²) in [7, 11) is 0. The summed E-state index contributed by atoms with van der Waals surface area (Å²) >= 11 is 0. The van der Waals surface area contributed by atoms with Gasteiger partial charge in [0.25, 0.3) is 5.91 Å². The van der Waals surface area contributed by atoms with E-state index in [1.54, 1.807) is 24.7 Å². The molecule has 0 aromatic carbocycles. The minimum Gasteiger partial charge on any atom is -0.353 e. The van der Waals surface area contributed by atoms with E-state index in [9.17, 15) is 9.59 Å². The maximum atomic E-state index is 12.4. The zero-order valence-corrected chi connectivity index (χ0v) is 11.2. The molecule has 1 saturated heterocycles. The maximum Gasteiger partial charge on any atom is 0.255 e. The van der Waals surface area contributed by atoms with E-state index in [1.165, 1.54) is 17.4 Å². The van der Waals surface area contributed by atoms with Gasteiger partial charge in [-0.25, -0.2) is 9.97 Å². The number of hydrogen-bond donors (Lipinski definition) is 1. The smallest absolute Gasteiger partial charge is 0.255 e. The Morgan fingerprint density at radius 1 is 1.10 bits per heavy atom. The minimum absolute atomic E-state index is 0.0809. The number of piperazine rings is 1. The van der Waals surface area contributed by atoms with Crippen LogP contribution in [0.4, 0.5) is 0 Å². The number of pyridine rings is 1. The molecule has 7 nitrogen and oxygen atoms in total. The summed E-state index contributed by atoms with van der Waals surface area (Å²) in [6.07, 6.45) is 7.91. The molecule has 0 atom stereocenters. The number of amides is 2. The number of rotatable bonds is 2. The molecule has 106 valence electrons. The van der Waals surface area contributed by atoms with Crippen LogP contribution in [0.25, 0.3) is 11.1 Å². The van der Waals surface area contributed by atoms with Crippen LogP contribution in [0.5, 0.6) is 0 Å². The third-order valence-electron chi connectivity index (χ3n) is 3.20. The molecule has 2 amide bonds. The molecule has 3 rings (SSSR count). The highest BCUT2D eigenvalue weighted by Gasteiger charge is 2.22. The van der Waals surface area contributed by atoms with Crippen molar-refractivity contribution in [2.75, 3.05) is 19.6 Å².